The van der Waals surface area contributed by atoms with E-state index < -0.39 is 43.4 Å². The van der Waals surface area contributed by atoms with Gasteiger partial charge in [0.2, 0.25) is 0 Å². The molecule has 0 aromatic carbocycles. The molecule has 0 rings (SSSR count). The highest BCUT2D eigenvalue weighted by atomic mass is 16.4. The van der Waals surface area contributed by atoms with Gasteiger partial charge in [-0.2, -0.15) is 0 Å². The number of Topliss-reactive ketones (excluding diaryl/α,β-unsaturated/α-hetero) is 1. The van der Waals surface area contributed by atoms with Crippen LogP contribution in [-0.2, 0) is 4.79 Å². The number of hydrogen-bond donors (Lipinski definition) is 8. The van der Waals surface area contributed by atoms with E-state index in [-0.39, 0.29) is 13.2 Å². The van der Waals surface area contributed by atoms with Crippen LogP contribution in [0.25, 0.3) is 0 Å². The third kappa shape index (κ3) is 8.44. The van der Waals surface area contributed by atoms with E-state index in [9.17, 15) is 4.79 Å². The number of carbonyl (C=O) groups excluding carboxylic acids is 1. The minimum absolute atomic E-state index is 0.365. The minimum atomic E-state index is -1.86. The Labute approximate surface area is 103 Å². The number of carbonyl (C=O) groups is 1. The predicted octanol–water partition coefficient (Wildman–Crippen LogP) is -5.05. The number of aliphatic hydroxyl groups excluding tert-OH is 8. The Morgan fingerprint density at radius 3 is 1.50 bits per heavy atom. The first-order valence-corrected chi connectivity index (χ1v) is 5.04. The van der Waals surface area contributed by atoms with E-state index >= 15 is 0 Å². The highest BCUT2D eigenvalue weighted by Crippen LogP contribution is 2.00. The summed E-state index contributed by atoms with van der Waals surface area (Å²) < 4.78 is 0. The number of hydrogen-bond acceptors (Lipinski definition) is 9. The summed E-state index contributed by atoms with van der Waals surface area (Å²) in [6.45, 7) is -2.42. The second-order valence-electron chi connectivity index (χ2n) is 3.33. The fourth-order valence-corrected chi connectivity index (χ4v) is 0.660. The normalized spacial score (nSPS) is 15.6. The van der Waals surface area contributed by atoms with Crippen LogP contribution in [0.15, 0.2) is 0 Å². The molecule has 0 aliphatic heterocycles. The van der Waals surface area contributed by atoms with Crippen LogP contribution < -0.4 is 0 Å². The van der Waals surface area contributed by atoms with Gasteiger partial charge in [-0.15, -0.1) is 0 Å². The standard InChI is InChI=1S/C6H12O6.C3H8O3/c7-1-3(9)5(11)6(12)4(10)2-8;4-1-3(6)2-5/h3,5-9,11-12H,1-2H2;3-6H,1-2H2/t3-,5+,6+;/m0./s1. The Kier molecular flexibility index (Phi) is 12.5. The molecule has 0 heterocycles. The van der Waals surface area contributed by atoms with Gasteiger partial charge in [0.25, 0.3) is 0 Å². The van der Waals surface area contributed by atoms with Crippen LogP contribution in [0, 0.1) is 0 Å². The van der Waals surface area contributed by atoms with Crippen LogP contribution in [0.2, 0.25) is 0 Å². The molecule has 0 aliphatic rings. The van der Waals surface area contributed by atoms with Crippen molar-refractivity contribution in [3.05, 3.63) is 0 Å². The molecule has 18 heavy (non-hydrogen) atoms. The van der Waals surface area contributed by atoms with Gasteiger partial charge in [0.15, 0.2) is 5.78 Å². The van der Waals surface area contributed by atoms with Gasteiger partial charge in [0, 0.05) is 0 Å². The van der Waals surface area contributed by atoms with Crippen molar-refractivity contribution in [2.24, 2.45) is 0 Å². The SMILES string of the molecule is O=C(CO)[C@@H](O)[C@H](O)[C@@H](O)CO.OCC(O)CO. The van der Waals surface area contributed by atoms with Crippen molar-refractivity contribution >= 4 is 5.78 Å². The van der Waals surface area contributed by atoms with Gasteiger partial charge in [-0.1, -0.05) is 0 Å². The zero-order valence-corrected chi connectivity index (χ0v) is 9.62. The smallest absolute Gasteiger partial charge is 0.189 e. The summed E-state index contributed by atoms with van der Waals surface area (Å²) in [5.74, 6) is -1.00. The van der Waals surface area contributed by atoms with Crippen LogP contribution in [-0.4, -0.2) is 97.5 Å². The maximum atomic E-state index is 10.5. The molecule has 110 valence electrons. The van der Waals surface area contributed by atoms with E-state index in [1.165, 1.54) is 0 Å². The van der Waals surface area contributed by atoms with Crippen LogP contribution >= 0.6 is 0 Å². The van der Waals surface area contributed by atoms with E-state index in [1.54, 1.807) is 0 Å². The highest BCUT2D eigenvalue weighted by molar-refractivity contribution is 5.84. The lowest BCUT2D eigenvalue weighted by Crippen LogP contribution is -2.44. The minimum Gasteiger partial charge on any atom is -0.394 e. The van der Waals surface area contributed by atoms with Crippen LogP contribution in [0.1, 0.15) is 0 Å². The molecule has 0 aromatic rings. The van der Waals surface area contributed by atoms with E-state index in [4.69, 9.17) is 40.9 Å². The average Bonchev–Trinajstić information content (AvgIpc) is 2.43. The van der Waals surface area contributed by atoms with Gasteiger partial charge in [-0.3, -0.25) is 4.79 Å². The molecule has 0 fully saturated rings. The third-order valence-electron chi connectivity index (χ3n) is 1.81. The van der Waals surface area contributed by atoms with E-state index in [0.717, 1.165) is 0 Å². The highest BCUT2D eigenvalue weighted by Gasteiger charge is 2.28. The van der Waals surface area contributed by atoms with Crippen molar-refractivity contribution in [2.45, 2.75) is 24.4 Å². The summed E-state index contributed by atoms with van der Waals surface area (Å²) in [5, 5.41) is 67.1. The molecule has 9 heteroatoms. The van der Waals surface area contributed by atoms with Gasteiger partial charge in [0.05, 0.1) is 19.8 Å². The molecule has 3 atom stereocenters. The molecule has 0 unspecified atom stereocenters. The zero-order valence-electron chi connectivity index (χ0n) is 9.62. The first-order valence-electron chi connectivity index (χ1n) is 5.04. The maximum absolute atomic E-state index is 10.5. The van der Waals surface area contributed by atoms with Crippen LogP contribution in [0.4, 0.5) is 0 Å². The first-order chi connectivity index (χ1) is 8.35. The van der Waals surface area contributed by atoms with Gasteiger partial charge >= 0.3 is 0 Å². The summed E-state index contributed by atoms with van der Waals surface area (Å²) in [6.07, 6.45) is -6.17. The van der Waals surface area contributed by atoms with E-state index in [1.807, 2.05) is 0 Å². The zero-order chi connectivity index (χ0) is 14.7. The predicted molar refractivity (Wildman–Crippen MR) is 57.4 cm³/mol. The monoisotopic (exact) mass is 272 g/mol. The Morgan fingerprint density at radius 2 is 1.28 bits per heavy atom. The molecule has 0 saturated carbocycles. The van der Waals surface area contributed by atoms with Crippen molar-refractivity contribution in [3.8, 4) is 0 Å². The van der Waals surface area contributed by atoms with Crippen LogP contribution in [0.3, 0.4) is 0 Å². The second kappa shape index (κ2) is 11.4. The Balaban J connectivity index is 0. The van der Waals surface area contributed by atoms with Gasteiger partial charge < -0.3 is 40.9 Å². The van der Waals surface area contributed by atoms with E-state index in [2.05, 4.69) is 0 Å². The van der Waals surface area contributed by atoms with Crippen molar-refractivity contribution in [1.29, 1.82) is 0 Å². The third-order valence-corrected chi connectivity index (χ3v) is 1.81. The lowest BCUT2D eigenvalue weighted by atomic mass is 10.1. The summed E-state index contributed by atoms with van der Waals surface area (Å²) in [5.41, 5.74) is 0. The lowest BCUT2D eigenvalue weighted by molar-refractivity contribution is -0.142. The number of aliphatic hydroxyl groups is 8. The second-order valence-corrected chi connectivity index (χ2v) is 3.33. The fraction of sp³-hybridized carbons (Fsp3) is 0.889. The van der Waals surface area contributed by atoms with Crippen LogP contribution in [0.5, 0.6) is 0 Å². The quantitative estimate of drug-likeness (QED) is 0.225. The largest absolute Gasteiger partial charge is 0.394 e. The summed E-state index contributed by atoms with van der Waals surface area (Å²) >= 11 is 0. The molecule has 0 saturated heterocycles. The molecular formula is C9H20O9. The molecule has 9 nitrogen and oxygen atoms in total. The van der Waals surface area contributed by atoms with E-state index in [0.29, 0.717) is 0 Å². The summed E-state index contributed by atoms with van der Waals surface area (Å²) in [6, 6.07) is 0. The Hall–Kier alpha value is -0.650. The van der Waals surface area contributed by atoms with Crippen molar-refractivity contribution < 1.29 is 45.6 Å². The average molecular weight is 272 g/mol. The number of ketones is 1. The molecule has 0 radical (unpaired) electrons. The summed E-state index contributed by atoms with van der Waals surface area (Å²) in [4.78, 5) is 10.5. The maximum Gasteiger partial charge on any atom is 0.189 e. The van der Waals surface area contributed by atoms with Gasteiger partial charge in [0.1, 0.15) is 31.0 Å². The topological polar surface area (TPSA) is 179 Å². The Morgan fingerprint density at radius 1 is 0.833 bits per heavy atom. The Bertz CT molecular complexity index is 206. The van der Waals surface area contributed by atoms with Crippen molar-refractivity contribution in [2.75, 3.05) is 26.4 Å². The first kappa shape index (κ1) is 19.7. The lowest BCUT2D eigenvalue weighted by Gasteiger charge is -2.19. The molecule has 0 aliphatic carbocycles. The number of rotatable bonds is 7. The van der Waals surface area contributed by atoms with Crippen molar-refractivity contribution in [3.63, 3.8) is 0 Å². The summed E-state index contributed by atoms with van der Waals surface area (Å²) in [7, 11) is 0. The van der Waals surface area contributed by atoms with Gasteiger partial charge in [-0.25, -0.2) is 0 Å². The fourth-order valence-electron chi connectivity index (χ4n) is 0.660. The molecule has 8 N–H and O–H groups in total. The van der Waals surface area contributed by atoms with Gasteiger partial charge in [-0.05, 0) is 0 Å². The molecule has 0 amide bonds. The molecule has 0 spiro atoms. The van der Waals surface area contributed by atoms with Crippen molar-refractivity contribution in [1.82, 2.24) is 0 Å². The molecular weight excluding hydrogens is 252 g/mol. The molecule has 0 bridgehead atoms. The molecule has 0 aromatic heterocycles.